The molecule has 28 heavy (non-hydrogen) atoms. The van der Waals surface area contributed by atoms with Crippen molar-refractivity contribution in [3.8, 4) is 23.0 Å². The maximum atomic E-state index is 12.4. The number of anilines is 1. The average molecular weight is 386 g/mol. The molecule has 2 aromatic carbocycles. The van der Waals surface area contributed by atoms with Crippen LogP contribution in [0.25, 0.3) is 0 Å². The van der Waals surface area contributed by atoms with Gasteiger partial charge in [-0.2, -0.15) is 0 Å². The Morgan fingerprint density at radius 3 is 2.04 bits per heavy atom. The van der Waals surface area contributed by atoms with E-state index in [1.165, 1.54) is 0 Å². The first kappa shape index (κ1) is 19.7. The van der Waals surface area contributed by atoms with Gasteiger partial charge in [0.05, 0.1) is 21.3 Å². The van der Waals surface area contributed by atoms with E-state index in [0.29, 0.717) is 36.1 Å². The Morgan fingerprint density at radius 2 is 1.50 bits per heavy atom. The number of hydrogen-bond donors (Lipinski definition) is 0. The van der Waals surface area contributed by atoms with E-state index in [1.807, 2.05) is 47.4 Å². The van der Waals surface area contributed by atoms with E-state index in [0.717, 1.165) is 18.8 Å². The molecule has 0 unspecified atom stereocenters. The van der Waals surface area contributed by atoms with Gasteiger partial charge in [-0.1, -0.05) is 18.2 Å². The normalized spacial score (nSPS) is 13.8. The van der Waals surface area contributed by atoms with Crippen molar-refractivity contribution in [3.05, 3.63) is 42.5 Å². The number of amides is 1. The molecule has 0 atom stereocenters. The summed E-state index contributed by atoms with van der Waals surface area (Å²) in [4.78, 5) is 16.5. The number of piperazine rings is 1. The number of methoxy groups -OCH3 is 3. The summed E-state index contributed by atoms with van der Waals surface area (Å²) in [5.74, 6) is 2.50. The minimum atomic E-state index is -0.00612. The molecule has 0 saturated carbocycles. The lowest BCUT2D eigenvalue weighted by molar-refractivity contribution is -0.133. The van der Waals surface area contributed by atoms with E-state index in [1.54, 1.807) is 21.3 Å². The first-order valence-electron chi connectivity index (χ1n) is 9.17. The summed E-state index contributed by atoms with van der Waals surface area (Å²) < 4.78 is 21.8. The highest BCUT2D eigenvalue weighted by atomic mass is 16.5. The van der Waals surface area contributed by atoms with Crippen molar-refractivity contribution < 1.29 is 23.7 Å². The Kier molecular flexibility index (Phi) is 6.47. The van der Waals surface area contributed by atoms with Crippen molar-refractivity contribution in [3.63, 3.8) is 0 Å². The van der Waals surface area contributed by atoms with Gasteiger partial charge in [-0.15, -0.1) is 0 Å². The van der Waals surface area contributed by atoms with Crippen molar-refractivity contribution in [1.29, 1.82) is 0 Å². The van der Waals surface area contributed by atoms with Crippen molar-refractivity contribution in [2.45, 2.75) is 0 Å². The lowest BCUT2D eigenvalue weighted by Gasteiger charge is -2.36. The smallest absolute Gasteiger partial charge is 0.260 e. The highest BCUT2D eigenvalue weighted by molar-refractivity contribution is 5.78. The molecular formula is C21H26N2O5. The molecule has 0 radical (unpaired) electrons. The van der Waals surface area contributed by atoms with Crippen LogP contribution in [0.15, 0.2) is 42.5 Å². The van der Waals surface area contributed by atoms with Crippen molar-refractivity contribution in [2.24, 2.45) is 0 Å². The Bertz CT molecular complexity index is 764. The van der Waals surface area contributed by atoms with E-state index in [-0.39, 0.29) is 12.5 Å². The number of carbonyl (C=O) groups is 1. The molecule has 7 nitrogen and oxygen atoms in total. The van der Waals surface area contributed by atoms with Crippen LogP contribution in [0, 0.1) is 0 Å². The zero-order chi connectivity index (χ0) is 19.9. The predicted molar refractivity (Wildman–Crippen MR) is 107 cm³/mol. The van der Waals surface area contributed by atoms with Gasteiger partial charge in [-0.3, -0.25) is 4.79 Å². The monoisotopic (exact) mass is 386 g/mol. The summed E-state index contributed by atoms with van der Waals surface area (Å²) >= 11 is 0. The molecule has 1 fully saturated rings. The van der Waals surface area contributed by atoms with Crippen LogP contribution < -0.4 is 23.8 Å². The summed E-state index contributed by atoms with van der Waals surface area (Å²) in [5, 5.41) is 0. The first-order chi connectivity index (χ1) is 13.7. The number of hydrogen-bond acceptors (Lipinski definition) is 6. The van der Waals surface area contributed by atoms with Gasteiger partial charge >= 0.3 is 0 Å². The van der Waals surface area contributed by atoms with Gasteiger partial charge in [0.1, 0.15) is 5.75 Å². The number of ether oxygens (including phenoxy) is 4. The van der Waals surface area contributed by atoms with Crippen LogP contribution in [0.1, 0.15) is 0 Å². The zero-order valence-corrected chi connectivity index (χ0v) is 16.5. The molecule has 1 saturated heterocycles. The Morgan fingerprint density at radius 1 is 0.893 bits per heavy atom. The minimum Gasteiger partial charge on any atom is -0.493 e. The summed E-state index contributed by atoms with van der Waals surface area (Å²) in [5.41, 5.74) is 0.974. The van der Waals surface area contributed by atoms with E-state index in [4.69, 9.17) is 18.9 Å². The quantitative estimate of drug-likeness (QED) is 0.729. The van der Waals surface area contributed by atoms with Crippen LogP contribution >= 0.6 is 0 Å². The molecule has 7 heteroatoms. The molecule has 1 aliphatic heterocycles. The van der Waals surface area contributed by atoms with Crippen LogP contribution in [-0.4, -0.2) is 64.9 Å². The lowest BCUT2D eigenvalue weighted by Crippen LogP contribution is -2.50. The van der Waals surface area contributed by atoms with Crippen molar-refractivity contribution in [1.82, 2.24) is 4.90 Å². The lowest BCUT2D eigenvalue weighted by atomic mass is 10.2. The SMILES string of the molecule is COc1cc(N2CCN(C(=O)COc3ccccc3)CC2)cc(OC)c1OC. The van der Waals surface area contributed by atoms with Gasteiger partial charge in [0.15, 0.2) is 18.1 Å². The number of nitrogens with zero attached hydrogens (tertiary/aromatic N) is 2. The van der Waals surface area contributed by atoms with Crippen LogP contribution in [-0.2, 0) is 4.79 Å². The van der Waals surface area contributed by atoms with Crippen LogP contribution in [0.5, 0.6) is 23.0 Å². The fourth-order valence-electron chi connectivity index (χ4n) is 3.22. The molecule has 0 bridgehead atoms. The van der Waals surface area contributed by atoms with E-state index >= 15 is 0 Å². The first-order valence-corrected chi connectivity index (χ1v) is 9.17. The summed E-state index contributed by atoms with van der Waals surface area (Å²) in [6, 6.07) is 13.2. The Labute approximate surface area is 165 Å². The third-order valence-corrected chi connectivity index (χ3v) is 4.75. The summed E-state index contributed by atoms with van der Waals surface area (Å²) in [6.07, 6.45) is 0. The molecular weight excluding hydrogens is 360 g/mol. The number of rotatable bonds is 7. The van der Waals surface area contributed by atoms with E-state index in [2.05, 4.69) is 4.90 Å². The van der Waals surface area contributed by atoms with Gasteiger partial charge in [-0.25, -0.2) is 0 Å². The second-order valence-electron chi connectivity index (χ2n) is 6.35. The number of para-hydroxylation sites is 1. The Balaban J connectivity index is 1.59. The van der Waals surface area contributed by atoms with Gasteiger partial charge in [0.2, 0.25) is 5.75 Å². The van der Waals surface area contributed by atoms with Crippen molar-refractivity contribution in [2.75, 3.05) is 59.0 Å². The zero-order valence-electron chi connectivity index (χ0n) is 16.5. The van der Waals surface area contributed by atoms with Gasteiger partial charge in [-0.05, 0) is 12.1 Å². The third kappa shape index (κ3) is 4.42. The molecule has 1 amide bonds. The number of benzene rings is 2. The summed E-state index contributed by atoms with van der Waals surface area (Å²) in [6.45, 7) is 2.75. The van der Waals surface area contributed by atoms with Crippen molar-refractivity contribution >= 4 is 11.6 Å². The maximum Gasteiger partial charge on any atom is 0.260 e. The Hall–Kier alpha value is -3.09. The van der Waals surface area contributed by atoms with Crippen LogP contribution in [0.3, 0.4) is 0 Å². The molecule has 0 aliphatic carbocycles. The highest BCUT2D eigenvalue weighted by Gasteiger charge is 2.23. The minimum absolute atomic E-state index is 0.00612. The maximum absolute atomic E-state index is 12.4. The molecule has 0 spiro atoms. The second-order valence-corrected chi connectivity index (χ2v) is 6.35. The molecule has 0 N–H and O–H groups in total. The highest BCUT2D eigenvalue weighted by Crippen LogP contribution is 2.41. The fourth-order valence-corrected chi connectivity index (χ4v) is 3.22. The standard InChI is InChI=1S/C21H26N2O5/c1-25-18-13-16(14-19(26-2)21(18)27-3)22-9-11-23(12-10-22)20(24)15-28-17-7-5-4-6-8-17/h4-8,13-14H,9-12,15H2,1-3H3. The summed E-state index contributed by atoms with van der Waals surface area (Å²) in [7, 11) is 4.79. The van der Waals surface area contributed by atoms with E-state index in [9.17, 15) is 4.79 Å². The molecule has 150 valence electrons. The third-order valence-electron chi connectivity index (χ3n) is 4.75. The van der Waals surface area contributed by atoms with Crippen LogP contribution in [0.2, 0.25) is 0 Å². The molecule has 0 aromatic heterocycles. The molecule has 2 aromatic rings. The second kappa shape index (κ2) is 9.21. The molecule has 1 aliphatic rings. The molecule has 1 heterocycles. The van der Waals surface area contributed by atoms with E-state index < -0.39 is 0 Å². The number of carbonyl (C=O) groups excluding carboxylic acids is 1. The topological polar surface area (TPSA) is 60.5 Å². The fraction of sp³-hybridized carbons (Fsp3) is 0.381. The largest absolute Gasteiger partial charge is 0.493 e. The predicted octanol–water partition coefficient (Wildman–Crippen LogP) is 2.44. The van der Waals surface area contributed by atoms with Gasteiger partial charge in [0.25, 0.3) is 5.91 Å². The average Bonchev–Trinajstić information content (AvgIpc) is 2.77. The van der Waals surface area contributed by atoms with Gasteiger partial charge in [0, 0.05) is 44.0 Å². The van der Waals surface area contributed by atoms with Gasteiger partial charge < -0.3 is 28.7 Å². The molecule has 3 rings (SSSR count). The van der Waals surface area contributed by atoms with Crippen LogP contribution in [0.4, 0.5) is 5.69 Å².